The summed E-state index contributed by atoms with van der Waals surface area (Å²) in [5.41, 5.74) is 4.60. The average Bonchev–Trinajstić information content (AvgIpc) is 2.12. The van der Waals surface area contributed by atoms with E-state index in [2.05, 4.69) is 12.2 Å². The van der Waals surface area contributed by atoms with Gasteiger partial charge in [-0.3, -0.25) is 5.32 Å². The van der Waals surface area contributed by atoms with E-state index in [-0.39, 0.29) is 6.04 Å². The molecule has 4 heteroatoms. The lowest BCUT2D eigenvalue weighted by Crippen LogP contribution is -2.54. The van der Waals surface area contributed by atoms with Gasteiger partial charge in [0.25, 0.3) is 0 Å². The molecule has 0 bridgehead atoms. The smallest absolute Gasteiger partial charge is 0.122 e. The SMILES string of the molecule is CCCCC(C)(O)NC(O)C(N)CC. The Morgan fingerprint density at radius 1 is 1.43 bits per heavy atom. The third-order valence-electron chi connectivity index (χ3n) is 2.35. The van der Waals surface area contributed by atoms with Gasteiger partial charge >= 0.3 is 0 Å². The Morgan fingerprint density at radius 3 is 2.43 bits per heavy atom. The standard InChI is InChI=1S/C10H24N2O2/c1-4-6-7-10(3,14)12-9(13)8(11)5-2/h8-9,12-14H,4-7,11H2,1-3H3. The molecular weight excluding hydrogens is 180 g/mol. The second-order valence-corrected chi connectivity index (χ2v) is 4.04. The highest BCUT2D eigenvalue weighted by Gasteiger charge is 2.24. The van der Waals surface area contributed by atoms with Crippen LogP contribution in [-0.2, 0) is 0 Å². The second kappa shape index (κ2) is 6.35. The molecule has 0 aliphatic carbocycles. The zero-order chi connectivity index (χ0) is 11.2. The molecule has 0 rings (SSSR count). The third-order valence-corrected chi connectivity index (χ3v) is 2.35. The van der Waals surface area contributed by atoms with E-state index < -0.39 is 12.0 Å². The lowest BCUT2D eigenvalue weighted by molar-refractivity contribution is -0.0474. The lowest BCUT2D eigenvalue weighted by Gasteiger charge is -2.30. The second-order valence-electron chi connectivity index (χ2n) is 4.04. The molecule has 0 aromatic heterocycles. The van der Waals surface area contributed by atoms with Gasteiger partial charge in [-0.1, -0.05) is 20.3 Å². The molecule has 0 aliphatic heterocycles. The van der Waals surface area contributed by atoms with Crippen LogP contribution in [0.4, 0.5) is 0 Å². The van der Waals surface area contributed by atoms with Gasteiger partial charge < -0.3 is 15.9 Å². The van der Waals surface area contributed by atoms with E-state index in [0.29, 0.717) is 12.8 Å². The van der Waals surface area contributed by atoms with Crippen molar-refractivity contribution in [3.05, 3.63) is 0 Å². The molecule has 0 spiro atoms. The quantitative estimate of drug-likeness (QED) is 0.456. The van der Waals surface area contributed by atoms with Gasteiger partial charge in [-0.25, -0.2) is 0 Å². The highest BCUT2D eigenvalue weighted by Crippen LogP contribution is 2.11. The molecule has 0 aromatic rings. The van der Waals surface area contributed by atoms with Gasteiger partial charge in [-0.2, -0.15) is 0 Å². The van der Waals surface area contributed by atoms with Crippen molar-refractivity contribution in [2.24, 2.45) is 5.73 Å². The molecule has 0 aromatic carbocycles. The molecule has 5 N–H and O–H groups in total. The lowest BCUT2D eigenvalue weighted by atomic mass is 10.1. The van der Waals surface area contributed by atoms with Crippen molar-refractivity contribution in [3.63, 3.8) is 0 Å². The molecule has 0 saturated carbocycles. The Morgan fingerprint density at radius 2 is 2.00 bits per heavy atom. The number of aliphatic hydroxyl groups excluding tert-OH is 1. The van der Waals surface area contributed by atoms with Crippen molar-refractivity contribution >= 4 is 0 Å². The predicted octanol–water partition coefficient (Wildman–Crippen LogP) is 0.530. The van der Waals surface area contributed by atoms with E-state index in [1.165, 1.54) is 0 Å². The molecule has 3 unspecified atom stereocenters. The van der Waals surface area contributed by atoms with Crippen LogP contribution in [0.5, 0.6) is 0 Å². The minimum atomic E-state index is -1.03. The number of hydrogen-bond donors (Lipinski definition) is 4. The summed E-state index contributed by atoms with van der Waals surface area (Å²) in [5.74, 6) is 0. The zero-order valence-corrected chi connectivity index (χ0v) is 9.45. The summed E-state index contributed by atoms with van der Waals surface area (Å²) in [6.45, 7) is 5.62. The Kier molecular flexibility index (Phi) is 6.27. The molecule has 86 valence electrons. The molecule has 0 heterocycles. The molecule has 14 heavy (non-hydrogen) atoms. The first-order valence-electron chi connectivity index (χ1n) is 5.36. The summed E-state index contributed by atoms with van der Waals surface area (Å²) in [6.07, 6.45) is 2.41. The third kappa shape index (κ3) is 5.54. The number of nitrogens with one attached hydrogen (secondary N) is 1. The monoisotopic (exact) mass is 204 g/mol. The Hall–Kier alpha value is -0.160. The van der Waals surface area contributed by atoms with Crippen molar-refractivity contribution < 1.29 is 10.2 Å². The highest BCUT2D eigenvalue weighted by molar-refractivity contribution is 4.76. The molecule has 4 nitrogen and oxygen atoms in total. The summed E-state index contributed by atoms with van der Waals surface area (Å²) < 4.78 is 0. The van der Waals surface area contributed by atoms with Gasteiger partial charge in [0.1, 0.15) is 12.0 Å². The Balaban J connectivity index is 3.93. The van der Waals surface area contributed by atoms with Gasteiger partial charge in [0.2, 0.25) is 0 Å². The maximum Gasteiger partial charge on any atom is 0.122 e. The van der Waals surface area contributed by atoms with E-state index in [0.717, 1.165) is 12.8 Å². The molecule has 0 saturated heterocycles. The van der Waals surface area contributed by atoms with Gasteiger partial charge in [-0.15, -0.1) is 0 Å². The fraction of sp³-hybridized carbons (Fsp3) is 1.00. The fourth-order valence-corrected chi connectivity index (χ4v) is 1.24. The van der Waals surface area contributed by atoms with Crippen molar-refractivity contribution in [3.8, 4) is 0 Å². The highest BCUT2D eigenvalue weighted by atomic mass is 16.3. The molecule has 0 radical (unpaired) electrons. The minimum absolute atomic E-state index is 0.330. The first kappa shape index (κ1) is 13.8. The van der Waals surface area contributed by atoms with Crippen LogP contribution in [-0.4, -0.2) is 28.2 Å². The minimum Gasteiger partial charge on any atom is -0.377 e. The number of hydrogen-bond acceptors (Lipinski definition) is 4. The summed E-state index contributed by atoms with van der Waals surface area (Å²) in [7, 11) is 0. The van der Waals surface area contributed by atoms with Crippen LogP contribution in [0.1, 0.15) is 46.5 Å². The van der Waals surface area contributed by atoms with Gasteiger partial charge in [0.15, 0.2) is 0 Å². The number of nitrogens with two attached hydrogens (primary N) is 1. The van der Waals surface area contributed by atoms with E-state index in [4.69, 9.17) is 5.73 Å². The van der Waals surface area contributed by atoms with Crippen LogP contribution in [0.2, 0.25) is 0 Å². The van der Waals surface area contributed by atoms with E-state index in [1.807, 2.05) is 6.92 Å². The van der Waals surface area contributed by atoms with Gasteiger partial charge in [0.05, 0.1) is 0 Å². The molecule has 0 fully saturated rings. The normalized spacial score (nSPS) is 20.1. The number of rotatable bonds is 7. The van der Waals surface area contributed by atoms with E-state index in [1.54, 1.807) is 6.92 Å². The molecule has 0 amide bonds. The first-order chi connectivity index (χ1) is 6.43. The maximum absolute atomic E-state index is 9.83. The van der Waals surface area contributed by atoms with Crippen LogP contribution < -0.4 is 11.1 Å². The topological polar surface area (TPSA) is 78.5 Å². The number of aliphatic hydroxyl groups is 2. The van der Waals surface area contributed by atoms with Crippen LogP contribution in [0.25, 0.3) is 0 Å². The average molecular weight is 204 g/mol. The summed E-state index contributed by atoms with van der Waals surface area (Å²) in [6, 6.07) is -0.330. The van der Waals surface area contributed by atoms with Crippen LogP contribution in [0, 0.1) is 0 Å². The van der Waals surface area contributed by atoms with Crippen molar-refractivity contribution in [1.29, 1.82) is 0 Å². The van der Waals surface area contributed by atoms with Crippen molar-refractivity contribution in [2.45, 2.75) is 64.4 Å². The van der Waals surface area contributed by atoms with Crippen LogP contribution in [0.3, 0.4) is 0 Å². The fourth-order valence-electron chi connectivity index (χ4n) is 1.24. The van der Waals surface area contributed by atoms with E-state index >= 15 is 0 Å². The predicted molar refractivity (Wildman–Crippen MR) is 57.6 cm³/mol. The Labute approximate surface area is 86.5 Å². The van der Waals surface area contributed by atoms with E-state index in [9.17, 15) is 10.2 Å². The van der Waals surface area contributed by atoms with Crippen molar-refractivity contribution in [1.82, 2.24) is 5.32 Å². The largest absolute Gasteiger partial charge is 0.377 e. The zero-order valence-electron chi connectivity index (χ0n) is 9.45. The van der Waals surface area contributed by atoms with Crippen LogP contribution in [0.15, 0.2) is 0 Å². The van der Waals surface area contributed by atoms with Crippen LogP contribution >= 0.6 is 0 Å². The summed E-state index contributed by atoms with van der Waals surface area (Å²) >= 11 is 0. The summed E-state index contributed by atoms with van der Waals surface area (Å²) in [4.78, 5) is 0. The van der Waals surface area contributed by atoms with Gasteiger partial charge in [0, 0.05) is 6.04 Å². The molecule has 3 atom stereocenters. The van der Waals surface area contributed by atoms with Gasteiger partial charge in [-0.05, 0) is 26.2 Å². The molecule has 0 aliphatic rings. The van der Waals surface area contributed by atoms with Crippen molar-refractivity contribution in [2.75, 3.05) is 0 Å². The first-order valence-corrected chi connectivity index (χ1v) is 5.36. The summed E-state index contributed by atoms with van der Waals surface area (Å²) in [5, 5.41) is 22.1. The number of unbranched alkanes of at least 4 members (excludes halogenated alkanes) is 1. The maximum atomic E-state index is 9.83. The molecular formula is C10H24N2O2. The Bertz CT molecular complexity index is 151.